The van der Waals surface area contributed by atoms with Crippen molar-refractivity contribution in [2.24, 2.45) is 5.10 Å². The van der Waals surface area contributed by atoms with Gasteiger partial charge in [-0.05, 0) is 6.07 Å². The molecule has 0 fully saturated rings. The van der Waals surface area contributed by atoms with Crippen molar-refractivity contribution in [1.82, 2.24) is 14.9 Å². The Balaban J connectivity index is 2.25. The van der Waals surface area contributed by atoms with Crippen molar-refractivity contribution in [3.8, 4) is 5.75 Å². The lowest BCUT2D eigenvalue weighted by Crippen LogP contribution is -1.91. The van der Waals surface area contributed by atoms with E-state index >= 15 is 0 Å². The first-order chi connectivity index (χ1) is 8.16. The third-order valence-electron chi connectivity index (χ3n) is 1.96. The summed E-state index contributed by atoms with van der Waals surface area (Å²) in [6.45, 7) is 0. The van der Waals surface area contributed by atoms with Crippen LogP contribution in [0, 0.1) is 10.1 Å². The average molecular weight is 233 g/mol. The highest BCUT2D eigenvalue weighted by atomic mass is 16.6. The van der Waals surface area contributed by atoms with E-state index in [0.717, 1.165) is 6.07 Å². The lowest BCUT2D eigenvalue weighted by molar-refractivity contribution is -0.384. The number of phenolic OH excluding ortho intramolecular Hbond substituents is 1. The Morgan fingerprint density at radius 2 is 2.12 bits per heavy atom. The predicted octanol–water partition coefficient (Wildman–Crippen LogP) is 0.774. The fraction of sp³-hybridized carbons (Fsp3) is 0. The Hall–Kier alpha value is -2.77. The van der Waals surface area contributed by atoms with Crippen LogP contribution in [0.5, 0.6) is 5.75 Å². The number of benzene rings is 1. The Morgan fingerprint density at radius 3 is 2.71 bits per heavy atom. The second-order valence-corrected chi connectivity index (χ2v) is 3.09. The summed E-state index contributed by atoms with van der Waals surface area (Å²) in [4.78, 5) is 9.87. The van der Waals surface area contributed by atoms with Gasteiger partial charge in [0.15, 0.2) is 0 Å². The van der Waals surface area contributed by atoms with E-state index in [2.05, 4.69) is 15.3 Å². The number of aromatic nitrogens is 3. The molecule has 2 rings (SSSR count). The van der Waals surface area contributed by atoms with Crippen LogP contribution in [0.1, 0.15) is 5.56 Å². The first kappa shape index (κ1) is 10.7. The number of aromatic hydroxyl groups is 1. The van der Waals surface area contributed by atoms with Crippen molar-refractivity contribution in [3.63, 3.8) is 0 Å². The normalized spacial score (nSPS) is 10.8. The van der Waals surface area contributed by atoms with E-state index in [1.54, 1.807) is 0 Å². The molecule has 0 saturated carbocycles. The molecule has 0 amide bonds. The summed E-state index contributed by atoms with van der Waals surface area (Å²) in [6, 6.07) is 3.75. The van der Waals surface area contributed by atoms with Gasteiger partial charge in [-0.25, -0.2) is 4.68 Å². The maximum Gasteiger partial charge on any atom is 0.273 e. The summed E-state index contributed by atoms with van der Waals surface area (Å²) in [5, 5.41) is 31.0. The topological polar surface area (TPSA) is 106 Å². The summed E-state index contributed by atoms with van der Waals surface area (Å²) < 4.78 is 1.33. The van der Waals surface area contributed by atoms with Gasteiger partial charge in [0.1, 0.15) is 18.4 Å². The number of rotatable bonds is 3. The van der Waals surface area contributed by atoms with E-state index < -0.39 is 4.92 Å². The molecule has 17 heavy (non-hydrogen) atoms. The monoisotopic (exact) mass is 233 g/mol. The molecule has 0 radical (unpaired) electrons. The van der Waals surface area contributed by atoms with Crippen LogP contribution in [0.25, 0.3) is 0 Å². The smallest absolute Gasteiger partial charge is 0.273 e. The second-order valence-electron chi connectivity index (χ2n) is 3.09. The molecular weight excluding hydrogens is 226 g/mol. The molecule has 0 aliphatic heterocycles. The van der Waals surface area contributed by atoms with E-state index in [1.807, 2.05) is 0 Å². The highest BCUT2D eigenvalue weighted by Gasteiger charge is 2.08. The number of nitro benzene ring substituents is 1. The number of hydrogen-bond donors (Lipinski definition) is 1. The van der Waals surface area contributed by atoms with Crippen molar-refractivity contribution in [1.29, 1.82) is 0 Å². The van der Waals surface area contributed by atoms with Crippen LogP contribution in [0.4, 0.5) is 5.69 Å². The quantitative estimate of drug-likeness (QED) is 0.478. The van der Waals surface area contributed by atoms with Gasteiger partial charge in [-0.15, -0.1) is 10.2 Å². The molecule has 0 spiro atoms. The molecule has 0 saturated heterocycles. The highest BCUT2D eigenvalue weighted by molar-refractivity contribution is 5.83. The van der Waals surface area contributed by atoms with Gasteiger partial charge >= 0.3 is 0 Å². The van der Waals surface area contributed by atoms with Crippen LogP contribution in [0.15, 0.2) is 36.0 Å². The molecule has 8 nitrogen and oxygen atoms in total. The van der Waals surface area contributed by atoms with Gasteiger partial charge in [-0.2, -0.15) is 5.10 Å². The molecule has 0 bridgehead atoms. The van der Waals surface area contributed by atoms with Crippen molar-refractivity contribution in [3.05, 3.63) is 46.5 Å². The molecule has 0 aliphatic carbocycles. The highest BCUT2D eigenvalue weighted by Crippen LogP contribution is 2.21. The van der Waals surface area contributed by atoms with Crippen LogP contribution in [-0.2, 0) is 0 Å². The lowest BCUT2D eigenvalue weighted by atomic mass is 10.2. The van der Waals surface area contributed by atoms with Gasteiger partial charge in [0, 0.05) is 11.6 Å². The molecule has 1 heterocycles. The summed E-state index contributed by atoms with van der Waals surface area (Å²) in [5.74, 6) is -0.212. The lowest BCUT2D eigenvalue weighted by Gasteiger charge is -1.98. The van der Waals surface area contributed by atoms with Crippen LogP contribution in [0.3, 0.4) is 0 Å². The Kier molecular flexibility index (Phi) is 2.77. The van der Waals surface area contributed by atoms with E-state index in [9.17, 15) is 15.2 Å². The zero-order valence-electron chi connectivity index (χ0n) is 8.46. The number of phenols is 1. The van der Waals surface area contributed by atoms with Crippen LogP contribution < -0.4 is 0 Å². The van der Waals surface area contributed by atoms with Crippen molar-refractivity contribution < 1.29 is 10.0 Å². The Bertz CT molecular complexity index is 564. The zero-order valence-corrected chi connectivity index (χ0v) is 8.46. The van der Waals surface area contributed by atoms with Gasteiger partial charge in [-0.1, -0.05) is 0 Å². The van der Waals surface area contributed by atoms with Gasteiger partial charge in [0.05, 0.1) is 17.2 Å². The van der Waals surface area contributed by atoms with E-state index in [4.69, 9.17) is 0 Å². The second kappa shape index (κ2) is 4.39. The molecule has 1 aromatic carbocycles. The number of nitro groups is 1. The average Bonchev–Trinajstić information content (AvgIpc) is 2.80. The van der Waals surface area contributed by atoms with Crippen molar-refractivity contribution >= 4 is 11.9 Å². The van der Waals surface area contributed by atoms with Gasteiger partial charge in [-0.3, -0.25) is 10.1 Å². The van der Waals surface area contributed by atoms with Crippen LogP contribution in [0.2, 0.25) is 0 Å². The first-order valence-corrected chi connectivity index (χ1v) is 4.53. The molecule has 86 valence electrons. The molecule has 1 N–H and O–H groups in total. The molecule has 8 heteroatoms. The third kappa shape index (κ3) is 2.43. The van der Waals surface area contributed by atoms with Crippen molar-refractivity contribution in [2.45, 2.75) is 0 Å². The largest absolute Gasteiger partial charge is 0.507 e. The SMILES string of the molecule is O=[N+]([O-])c1ccc(/C=N/n2cnnc2)c(O)c1. The maximum atomic E-state index is 10.4. The predicted molar refractivity (Wildman–Crippen MR) is 57.8 cm³/mol. The molecule has 0 aliphatic rings. The fourth-order valence-electron chi connectivity index (χ4n) is 1.14. The molecular formula is C9H7N5O3. The Labute approximate surface area is 95.0 Å². The summed E-state index contributed by atoms with van der Waals surface area (Å²) in [7, 11) is 0. The third-order valence-corrected chi connectivity index (χ3v) is 1.96. The molecule has 0 atom stereocenters. The van der Waals surface area contributed by atoms with Gasteiger partial charge < -0.3 is 5.11 Å². The number of hydrogen-bond acceptors (Lipinski definition) is 6. The van der Waals surface area contributed by atoms with Gasteiger partial charge in [0.2, 0.25) is 0 Å². The molecule has 2 aromatic rings. The standard InChI is InChI=1S/C9H7N5O3/c15-9-3-8(14(16)17)2-1-7(9)4-12-13-5-10-11-6-13/h1-6,15H/b12-4+. The van der Waals surface area contributed by atoms with Gasteiger partial charge in [0.25, 0.3) is 5.69 Å². The summed E-state index contributed by atoms with van der Waals surface area (Å²) in [5.41, 5.74) is 0.188. The van der Waals surface area contributed by atoms with Crippen LogP contribution in [-0.4, -0.2) is 31.1 Å². The molecule has 0 unspecified atom stereocenters. The minimum absolute atomic E-state index is 0.177. The Morgan fingerprint density at radius 1 is 1.41 bits per heavy atom. The fourth-order valence-corrected chi connectivity index (χ4v) is 1.14. The zero-order chi connectivity index (χ0) is 12.3. The number of nitrogens with zero attached hydrogens (tertiary/aromatic N) is 5. The minimum Gasteiger partial charge on any atom is -0.507 e. The number of non-ortho nitro benzene ring substituents is 1. The van der Waals surface area contributed by atoms with Crippen LogP contribution >= 0.6 is 0 Å². The maximum absolute atomic E-state index is 10.4. The van der Waals surface area contributed by atoms with E-state index in [1.165, 1.54) is 35.7 Å². The van der Waals surface area contributed by atoms with E-state index in [-0.39, 0.29) is 11.4 Å². The van der Waals surface area contributed by atoms with Crippen molar-refractivity contribution in [2.75, 3.05) is 0 Å². The minimum atomic E-state index is -0.583. The summed E-state index contributed by atoms with van der Waals surface area (Å²) in [6.07, 6.45) is 4.10. The van der Waals surface area contributed by atoms with E-state index in [0.29, 0.717) is 5.56 Å². The first-order valence-electron chi connectivity index (χ1n) is 4.53. The summed E-state index contributed by atoms with van der Waals surface area (Å²) >= 11 is 0. The molecule has 1 aromatic heterocycles.